The van der Waals surface area contributed by atoms with Gasteiger partial charge >= 0.3 is 6.18 Å². The van der Waals surface area contributed by atoms with Crippen LogP contribution in [0.2, 0.25) is 0 Å². The van der Waals surface area contributed by atoms with Crippen LogP contribution in [0.5, 0.6) is 0 Å². The van der Waals surface area contributed by atoms with Gasteiger partial charge in [0.25, 0.3) is 0 Å². The summed E-state index contributed by atoms with van der Waals surface area (Å²) in [6.07, 6.45) is -2.98. The molecule has 70 valence electrons. The van der Waals surface area contributed by atoms with Crippen LogP contribution in [0.1, 0.15) is 11.4 Å². The fourth-order valence-electron chi connectivity index (χ4n) is 0.632. The van der Waals surface area contributed by atoms with E-state index < -0.39 is 17.7 Å². The van der Waals surface area contributed by atoms with E-state index in [4.69, 9.17) is 11.1 Å². The number of nitrogen functional groups attached to an aromatic ring is 1. The summed E-state index contributed by atoms with van der Waals surface area (Å²) in [7, 11) is 0. The molecular weight excluding hydrogens is 185 g/mol. The van der Waals surface area contributed by atoms with Gasteiger partial charge in [0, 0.05) is 0 Å². The number of nitrogens with one attached hydrogen (secondary N) is 1. The Morgan fingerprint density at radius 2 is 2.00 bits per heavy atom. The van der Waals surface area contributed by atoms with Crippen LogP contribution in [-0.2, 0) is 6.18 Å². The fraction of sp³-hybridized carbons (Fsp3) is 0.167. The lowest BCUT2D eigenvalue weighted by atomic mass is 10.4. The van der Waals surface area contributed by atoms with Crippen LogP contribution in [0.3, 0.4) is 0 Å². The summed E-state index contributed by atoms with van der Waals surface area (Å²) in [6.45, 7) is 0. The van der Waals surface area contributed by atoms with E-state index in [1.807, 2.05) is 0 Å². The zero-order chi connectivity index (χ0) is 10.1. The van der Waals surface area contributed by atoms with Crippen LogP contribution in [-0.4, -0.2) is 15.8 Å². The Balaban J connectivity index is 3.13. The summed E-state index contributed by atoms with van der Waals surface area (Å²) in [5.41, 5.74) is 3.50. The fourth-order valence-corrected chi connectivity index (χ4v) is 0.632. The van der Waals surface area contributed by atoms with Crippen molar-refractivity contribution < 1.29 is 13.2 Å². The number of halogens is 3. The summed E-state index contributed by atoms with van der Waals surface area (Å²) in [5, 5.41) is 6.84. The second kappa shape index (κ2) is 3.00. The van der Waals surface area contributed by atoms with Crippen LogP contribution in [0.4, 0.5) is 13.2 Å². The Morgan fingerprint density at radius 1 is 1.38 bits per heavy atom. The molecule has 7 heteroatoms. The number of hydrogen-bond acceptors (Lipinski definition) is 3. The van der Waals surface area contributed by atoms with Gasteiger partial charge in [0.05, 0.1) is 12.4 Å². The molecule has 1 aromatic heterocycles. The van der Waals surface area contributed by atoms with Crippen molar-refractivity contribution in [2.45, 2.75) is 6.18 Å². The average molecular weight is 190 g/mol. The van der Waals surface area contributed by atoms with E-state index >= 15 is 0 Å². The van der Waals surface area contributed by atoms with Gasteiger partial charge in [0.2, 0.25) is 0 Å². The van der Waals surface area contributed by atoms with Crippen LogP contribution in [0, 0.1) is 5.41 Å². The first-order valence-corrected chi connectivity index (χ1v) is 3.15. The molecule has 0 atom stereocenters. The van der Waals surface area contributed by atoms with Crippen LogP contribution >= 0.6 is 0 Å². The van der Waals surface area contributed by atoms with Crippen molar-refractivity contribution in [1.82, 2.24) is 9.97 Å². The molecule has 13 heavy (non-hydrogen) atoms. The van der Waals surface area contributed by atoms with Gasteiger partial charge in [-0.3, -0.25) is 10.4 Å². The first-order chi connectivity index (χ1) is 5.91. The topological polar surface area (TPSA) is 75.7 Å². The minimum atomic E-state index is -4.56. The number of aromatic nitrogens is 2. The molecule has 0 amide bonds. The van der Waals surface area contributed by atoms with E-state index in [9.17, 15) is 13.2 Å². The molecule has 0 aromatic carbocycles. The second-order valence-corrected chi connectivity index (χ2v) is 2.20. The van der Waals surface area contributed by atoms with E-state index in [1.54, 1.807) is 0 Å². The predicted molar refractivity (Wildman–Crippen MR) is 38.1 cm³/mol. The van der Waals surface area contributed by atoms with Gasteiger partial charge in [-0.15, -0.1) is 0 Å². The maximum Gasteiger partial charge on any atom is 0.434 e. The highest BCUT2D eigenvalue weighted by Gasteiger charge is 2.33. The molecule has 4 nitrogen and oxygen atoms in total. The molecule has 0 saturated carbocycles. The highest BCUT2D eigenvalue weighted by atomic mass is 19.4. The number of hydrogen-bond donors (Lipinski definition) is 2. The first kappa shape index (κ1) is 9.43. The lowest BCUT2D eigenvalue weighted by Gasteiger charge is -2.05. The number of nitrogens with two attached hydrogens (primary N) is 1. The number of alkyl halides is 3. The second-order valence-electron chi connectivity index (χ2n) is 2.20. The lowest BCUT2D eigenvalue weighted by Crippen LogP contribution is -2.17. The molecular formula is C6H5F3N4. The molecule has 0 unspecified atom stereocenters. The van der Waals surface area contributed by atoms with E-state index in [0.717, 1.165) is 6.20 Å². The van der Waals surface area contributed by atoms with Gasteiger partial charge in [0.1, 0.15) is 11.5 Å². The standard InChI is InChI=1S/C6H5F3N4/c7-6(8,9)4-2-12-1-3(13-4)5(10)11/h1-2H,(H3,10,11). The molecule has 0 aliphatic rings. The maximum atomic E-state index is 12.0. The summed E-state index contributed by atoms with van der Waals surface area (Å²) >= 11 is 0. The highest BCUT2D eigenvalue weighted by Crippen LogP contribution is 2.26. The van der Waals surface area contributed by atoms with Crippen LogP contribution < -0.4 is 5.73 Å². The molecule has 0 bridgehead atoms. The zero-order valence-corrected chi connectivity index (χ0v) is 6.26. The largest absolute Gasteiger partial charge is 0.434 e. The van der Waals surface area contributed by atoms with E-state index in [2.05, 4.69) is 9.97 Å². The van der Waals surface area contributed by atoms with Crippen molar-refractivity contribution in [3.8, 4) is 0 Å². The molecule has 0 spiro atoms. The Labute approximate surface area is 71.1 Å². The third-order valence-electron chi connectivity index (χ3n) is 1.20. The van der Waals surface area contributed by atoms with Gasteiger partial charge in [-0.25, -0.2) is 4.98 Å². The number of rotatable bonds is 1. The Morgan fingerprint density at radius 3 is 2.46 bits per heavy atom. The van der Waals surface area contributed by atoms with Crippen molar-refractivity contribution in [2.75, 3.05) is 0 Å². The van der Waals surface area contributed by atoms with Gasteiger partial charge in [-0.1, -0.05) is 0 Å². The van der Waals surface area contributed by atoms with Crippen molar-refractivity contribution in [2.24, 2.45) is 5.73 Å². The Kier molecular flexibility index (Phi) is 2.18. The van der Waals surface area contributed by atoms with E-state index in [-0.39, 0.29) is 5.69 Å². The SMILES string of the molecule is N=C(N)c1cncc(C(F)(F)F)n1. The molecule has 0 saturated heterocycles. The zero-order valence-electron chi connectivity index (χ0n) is 6.26. The van der Waals surface area contributed by atoms with Crippen molar-refractivity contribution >= 4 is 5.84 Å². The van der Waals surface area contributed by atoms with Crippen LogP contribution in [0.15, 0.2) is 12.4 Å². The first-order valence-electron chi connectivity index (χ1n) is 3.15. The van der Waals surface area contributed by atoms with E-state index in [1.165, 1.54) is 0 Å². The molecule has 3 N–H and O–H groups in total. The molecule has 1 aromatic rings. The molecule has 0 fully saturated rings. The molecule has 1 heterocycles. The summed E-state index contributed by atoms with van der Waals surface area (Å²) in [4.78, 5) is 6.38. The van der Waals surface area contributed by atoms with Crippen molar-refractivity contribution in [1.29, 1.82) is 5.41 Å². The third kappa shape index (κ3) is 2.14. The summed E-state index contributed by atoms with van der Waals surface area (Å²) < 4.78 is 36.1. The number of amidine groups is 1. The molecule has 0 aliphatic heterocycles. The maximum absolute atomic E-state index is 12.0. The van der Waals surface area contributed by atoms with Crippen molar-refractivity contribution in [3.05, 3.63) is 23.8 Å². The molecule has 1 rings (SSSR count). The monoisotopic (exact) mass is 190 g/mol. The third-order valence-corrected chi connectivity index (χ3v) is 1.20. The van der Waals surface area contributed by atoms with Gasteiger partial charge in [-0.2, -0.15) is 13.2 Å². The minimum absolute atomic E-state index is 0.283. The lowest BCUT2D eigenvalue weighted by molar-refractivity contribution is -0.141. The molecule has 0 aliphatic carbocycles. The predicted octanol–water partition coefficient (Wildman–Crippen LogP) is 0.779. The van der Waals surface area contributed by atoms with Crippen molar-refractivity contribution in [3.63, 3.8) is 0 Å². The van der Waals surface area contributed by atoms with Gasteiger partial charge in [-0.05, 0) is 0 Å². The smallest absolute Gasteiger partial charge is 0.382 e. The average Bonchev–Trinajstić information content (AvgIpc) is 2.03. The van der Waals surface area contributed by atoms with Crippen LogP contribution in [0.25, 0.3) is 0 Å². The summed E-state index contributed by atoms with van der Waals surface area (Å²) in [6, 6.07) is 0. The Bertz CT molecular complexity index is 333. The summed E-state index contributed by atoms with van der Waals surface area (Å²) in [5.74, 6) is -0.543. The number of nitrogens with zero attached hydrogens (tertiary/aromatic N) is 2. The highest BCUT2D eigenvalue weighted by molar-refractivity contribution is 5.92. The minimum Gasteiger partial charge on any atom is -0.382 e. The normalized spacial score (nSPS) is 11.3. The van der Waals surface area contributed by atoms with Gasteiger partial charge in [0.15, 0.2) is 5.69 Å². The van der Waals surface area contributed by atoms with E-state index in [0.29, 0.717) is 6.20 Å². The Hall–Kier alpha value is -1.66. The quantitative estimate of drug-likeness (QED) is 0.507. The van der Waals surface area contributed by atoms with Gasteiger partial charge < -0.3 is 5.73 Å². The molecule has 0 radical (unpaired) electrons.